The lowest BCUT2D eigenvalue weighted by molar-refractivity contribution is 0.102. The van der Waals surface area contributed by atoms with E-state index in [2.05, 4.69) is 12.2 Å². The summed E-state index contributed by atoms with van der Waals surface area (Å²) >= 11 is 1.70. The molecule has 1 aliphatic rings. The van der Waals surface area contributed by atoms with Crippen LogP contribution in [0.3, 0.4) is 0 Å². The van der Waals surface area contributed by atoms with E-state index in [0.717, 1.165) is 24.8 Å². The summed E-state index contributed by atoms with van der Waals surface area (Å²) in [6, 6.07) is 5.28. The van der Waals surface area contributed by atoms with Gasteiger partial charge >= 0.3 is 0 Å². The third kappa shape index (κ3) is 2.81. The van der Waals surface area contributed by atoms with Gasteiger partial charge in [0.1, 0.15) is 5.75 Å². The highest BCUT2D eigenvalue weighted by molar-refractivity contribution is 7.10. The summed E-state index contributed by atoms with van der Waals surface area (Å²) in [6.45, 7) is 2.27. The van der Waals surface area contributed by atoms with Gasteiger partial charge < -0.3 is 15.8 Å². The summed E-state index contributed by atoms with van der Waals surface area (Å²) < 4.78 is 5.13. The zero-order chi connectivity index (χ0) is 15.7. The average molecular weight is 316 g/mol. The molecule has 1 atom stereocenters. The van der Waals surface area contributed by atoms with Crippen LogP contribution < -0.4 is 15.8 Å². The Kier molecular flexibility index (Phi) is 4.07. The van der Waals surface area contributed by atoms with Crippen LogP contribution in [0.2, 0.25) is 0 Å². The molecule has 3 rings (SSSR count). The molecule has 1 aliphatic carbocycles. The van der Waals surface area contributed by atoms with Crippen molar-refractivity contribution in [3.05, 3.63) is 39.6 Å². The maximum Gasteiger partial charge on any atom is 0.256 e. The van der Waals surface area contributed by atoms with Gasteiger partial charge in [0.05, 0.1) is 18.4 Å². The standard InChI is InChI=1S/C17H20N2O2S/c1-10-3-5-12-13(9-22-16(12)7-10)17(20)19-11-4-6-15(21-2)14(18)8-11/h4,6,8-10H,3,5,7,18H2,1-2H3,(H,19,20). The van der Waals surface area contributed by atoms with E-state index in [0.29, 0.717) is 23.0 Å². The normalized spacial score (nSPS) is 16.9. The molecule has 0 saturated heterocycles. The first-order chi connectivity index (χ1) is 10.6. The Balaban J connectivity index is 1.79. The number of nitrogen functional groups attached to an aromatic ring is 1. The number of thiophene rings is 1. The minimum atomic E-state index is -0.0587. The average Bonchev–Trinajstić information content (AvgIpc) is 2.90. The van der Waals surface area contributed by atoms with Crippen molar-refractivity contribution in [2.24, 2.45) is 5.92 Å². The molecule has 0 spiro atoms. The van der Waals surface area contributed by atoms with Crippen molar-refractivity contribution in [3.63, 3.8) is 0 Å². The third-order valence-electron chi connectivity index (χ3n) is 4.13. The molecule has 4 nitrogen and oxygen atoms in total. The molecular weight excluding hydrogens is 296 g/mol. The zero-order valence-electron chi connectivity index (χ0n) is 12.8. The highest BCUT2D eigenvalue weighted by Gasteiger charge is 2.23. The van der Waals surface area contributed by atoms with Gasteiger partial charge in [-0.3, -0.25) is 4.79 Å². The van der Waals surface area contributed by atoms with Crippen molar-refractivity contribution < 1.29 is 9.53 Å². The van der Waals surface area contributed by atoms with E-state index in [-0.39, 0.29) is 5.91 Å². The number of ether oxygens (including phenoxy) is 1. The summed E-state index contributed by atoms with van der Waals surface area (Å²) in [5.74, 6) is 1.26. The molecule has 1 aromatic carbocycles. The number of nitrogens with one attached hydrogen (secondary N) is 1. The van der Waals surface area contributed by atoms with Crippen LogP contribution in [0.5, 0.6) is 5.75 Å². The molecule has 0 bridgehead atoms. The van der Waals surface area contributed by atoms with Gasteiger partial charge in [0.15, 0.2) is 0 Å². The Morgan fingerprint density at radius 2 is 2.27 bits per heavy atom. The largest absolute Gasteiger partial charge is 0.495 e. The first-order valence-electron chi connectivity index (χ1n) is 7.42. The van der Waals surface area contributed by atoms with Crippen LogP contribution >= 0.6 is 11.3 Å². The number of carbonyl (C=O) groups is 1. The molecule has 1 unspecified atom stereocenters. The van der Waals surface area contributed by atoms with Gasteiger partial charge in [-0.1, -0.05) is 6.92 Å². The van der Waals surface area contributed by atoms with Crippen molar-refractivity contribution in [1.29, 1.82) is 0 Å². The molecule has 3 N–H and O–H groups in total. The van der Waals surface area contributed by atoms with Gasteiger partial charge in [-0.15, -0.1) is 11.3 Å². The van der Waals surface area contributed by atoms with Crippen LogP contribution in [0.4, 0.5) is 11.4 Å². The SMILES string of the molecule is COc1ccc(NC(=O)c2csc3c2CCC(C)C3)cc1N. The number of methoxy groups -OCH3 is 1. The van der Waals surface area contributed by atoms with Crippen molar-refractivity contribution >= 4 is 28.6 Å². The van der Waals surface area contributed by atoms with Gasteiger partial charge in [0.25, 0.3) is 5.91 Å². The van der Waals surface area contributed by atoms with Crippen LogP contribution in [0.25, 0.3) is 0 Å². The smallest absolute Gasteiger partial charge is 0.256 e. The predicted molar refractivity (Wildman–Crippen MR) is 90.9 cm³/mol. The second kappa shape index (κ2) is 6.01. The molecule has 0 fully saturated rings. The molecule has 1 aromatic heterocycles. The van der Waals surface area contributed by atoms with Gasteiger partial charge in [0, 0.05) is 15.9 Å². The highest BCUT2D eigenvalue weighted by atomic mass is 32.1. The molecule has 0 saturated carbocycles. The Bertz CT molecular complexity index is 709. The maximum atomic E-state index is 12.5. The van der Waals surface area contributed by atoms with Crippen LogP contribution in [0.1, 0.15) is 34.1 Å². The van der Waals surface area contributed by atoms with Crippen LogP contribution in [-0.4, -0.2) is 13.0 Å². The lowest BCUT2D eigenvalue weighted by Crippen LogP contribution is -2.16. The van der Waals surface area contributed by atoms with E-state index >= 15 is 0 Å². The second-order valence-corrected chi connectivity index (χ2v) is 6.77. The van der Waals surface area contributed by atoms with E-state index in [1.807, 2.05) is 5.38 Å². The molecule has 1 amide bonds. The van der Waals surface area contributed by atoms with E-state index in [1.165, 1.54) is 10.4 Å². The van der Waals surface area contributed by atoms with Crippen molar-refractivity contribution in [1.82, 2.24) is 0 Å². The van der Waals surface area contributed by atoms with Gasteiger partial charge in [0.2, 0.25) is 0 Å². The summed E-state index contributed by atoms with van der Waals surface area (Å²) in [6.07, 6.45) is 3.23. The minimum absolute atomic E-state index is 0.0587. The molecule has 1 heterocycles. The van der Waals surface area contributed by atoms with Crippen molar-refractivity contribution in [2.45, 2.75) is 26.2 Å². The van der Waals surface area contributed by atoms with Gasteiger partial charge in [-0.25, -0.2) is 0 Å². The maximum absolute atomic E-state index is 12.5. The number of rotatable bonds is 3. The molecular formula is C17H20N2O2S. The number of hydrogen-bond donors (Lipinski definition) is 2. The zero-order valence-corrected chi connectivity index (χ0v) is 13.6. The predicted octanol–water partition coefficient (Wildman–Crippen LogP) is 3.72. The Labute approximate surface area is 134 Å². The topological polar surface area (TPSA) is 64.3 Å². The van der Waals surface area contributed by atoms with Gasteiger partial charge in [-0.05, 0) is 48.9 Å². The molecule has 0 radical (unpaired) electrons. The number of anilines is 2. The van der Waals surface area contributed by atoms with E-state index in [4.69, 9.17) is 10.5 Å². The lowest BCUT2D eigenvalue weighted by atomic mass is 9.88. The van der Waals surface area contributed by atoms with Gasteiger partial charge in [-0.2, -0.15) is 0 Å². The number of nitrogens with two attached hydrogens (primary N) is 1. The van der Waals surface area contributed by atoms with Crippen LogP contribution in [-0.2, 0) is 12.8 Å². The fraction of sp³-hybridized carbons (Fsp3) is 0.353. The van der Waals surface area contributed by atoms with E-state index < -0.39 is 0 Å². The summed E-state index contributed by atoms with van der Waals surface area (Å²) in [5.41, 5.74) is 9.11. The highest BCUT2D eigenvalue weighted by Crippen LogP contribution is 2.33. The monoisotopic (exact) mass is 316 g/mol. The molecule has 116 valence electrons. The number of carbonyl (C=O) groups excluding carboxylic acids is 1. The number of amides is 1. The first kappa shape index (κ1) is 14.9. The van der Waals surface area contributed by atoms with E-state index in [9.17, 15) is 4.79 Å². The number of hydrogen-bond acceptors (Lipinski definition) is 4. The fourth-order valence-corrected chi connectivity index (χ4v) is 4.12. The summed E-state index contributed by atoms with van der Waals surface area (Å²) in [5, 5.41) is 4.91. The van der Waals surface area contributed by atoms with E-state index in [1.54, 1.807) is 36.6 Å². The quantitative estimate of drug-likeness (QED) is 0.848. The fourth-order valence-electron chi connectivity index (χ4n) is 2.88. The Hall–Kier alpha value is -2.01. The molecule has 22 heavy (non-hydrogen) atoms. The molecule has 5 heteroatoms. The van der Waals surface area contributed by atoms with Crippen molar-refractivity contribution in [2.75, 3.05) is 18.2 Å². The Morgan fingerprint density at radius 1 is 1.45 bits per heavy atom. The van der Waals surface area contributed by atoms with Crippen LogP contribution in [0.15, 0.2) is 23.6 Å². The number of fused-ring (bicyclic) bond motifs is 1. The summed E-state index contributed by atoms with van der Waals surface area (Å²) in [7, 11) is 1.57. The second-order valence-electron chi connectivity index (χ2n) is 5.81. The van der Waals surface area contributed by atoms with Crippen molar-refractivity contribution in [3.8, 4) is 5.75 Å². The first-order valence-corrected chi connectivity index (χ1v) is 8.30. The van der Waals surface area contributed by atoms with Crippen LogP contribution in [0, 0.1) is 5.92 Å². The third-order valence-corrected chi connectivity index (χ3v) is 5.19. The summed E-state index contributed by atoms with van der Waals surface area (Å²) in [4.78, 5) is 13.9. The number of benzene rings is 1. The molecule has 0 aliphatic heterocycles. The molecule has 2 aromatic rings. The minimum Gasteiger partial charge on any atom is -0.495 e. The Morgan fingerprint density at radius 3 is 3.00 bits per heavy atom. The lowest BCUT2D eigenvalue weighted by Gasteiger charge is -2.18.